The van der Waals surface area contributed by atoms with Gasteiger partial charge in [0.2, 0.25) is 0 Å². The van der Waals surface area contributed by atoms with Gasteiger partial charge in [-0.2, -0.15) is 0 Å². The van der Waals surface area contributed by atoms with E-state index < -0.39 is 0 Å². The van der Waals surface area contributed by atoms with Crippen molar-refractivity contribution in [3.63, 3.8) is 0 Å². The van der Waals surface area contributed by atoms with E-state index in [-0.39, 0.29) is 5.78 Å². The number of aryl methyl sites for hydroxylation is 1. The molecule has 0 bridgehead atoms. The first-order valence-electron chi connectivity index (χ1n) is 8.37. The highest BCUT2D eigenvalue weighted by Crippen LogP contribution is 2.31. The summed E-state index contributed by atoms with van der Waals surface area (Å²) >= 11 is 0. The number of Topliss-reactive ketones (excluding diaryl/α,β-unsaturated/α-hetero) is 1. The highest BCUT2D eigenvalue weighted by molar-refractivity contribution is 6.12. The van der Waals surface area contributed by atoms with E-state index in [4.69, 9.17) is 9.47 Å². The molecule has 0 radical (unpaired) electrons. The van der Waals surface area contributed by atoms with Crippen molar-refractivity contribution in [2.75, 3.05) is 13.7 Å². The van der Waals surface area contributed by atoms with Gasteiger partial charge in [-0.15, -0.1) is 0 Å². The van der Waals surface area contributed by atoms with Gasteiger partial charge in [-0.1, -0.05) is 30.3 Å². The number of hydrogen-bond acceptors (Lipinski definition) is 3. The molecule has 3 nitrogen and oxygen atoms in total. The predicted octanol–water partition coefficient (Wildman–Crippen LogP) is 4.70. The molecule has 0 fully saturated rings. The predicted molar refractivity (Wildman–Crippen MR) is 95.9 cm³/mol. The number of carbonyl (C=O) groups excluding carboxylic acids is 1. The zero-order valence-corrected chi connectivity index (χ0v) is 14.2. The standard InChI is InChI=1S/C21H22O3/c1-3-24-20-14-15(11-12-19(20)23-2)13-17-9-6-8-16-7-4-5-10-18(16)21(17)22/h4-5,7,10-14H,3,6,8-9H2,1-2H3/b17-13-. The van der Waals surface area contributed by atoms with Crippen molar-refractivity contribution in [3.05, 3.63) is 64.7 Å². The van der Waals surface area contributed by atoms with Crippen LogP contribution in [-0.4, -0.2) is 19.5 Å². The second kappa shape index (κ2) is 7.35. The molecule has 0 spiro atoms. The Morgan fingerprint density at radius 1 is 1.08 bits per heavy atom. The Bertz CT molecular complexity index is 774. The maximum absolute atomic E-state index is 12.9. The van der Waals surface area contributed by atoms with Crippen LogP contribution >= 0.6 is 0 Å². The van der Waals surface area contributed by atoms with Gasteiger partial charge in [0, 0.05) is 11.1 Å². The third kappa shape index (κ3) is 3.35. The average molecular weight is 322 g/mol. The molecular weight excluding hydrogens is 300 g/mol. The summed E-state index contributed by atoms with van der Waals surface area (Å²) in [6, 6.07) is 13.7. The van der Waals surface area contributed by atoms with Crippen molar-refractivity contribution < 1.29 is 14.3 Å². The van der Waals surface area contributed by atoms with Gasteiger partial charge < -0.3 is 9.47 Å². The van der Waals surface area contributed by atoms with Crippen LogP contribution in [0.15, 0.2) is 48.0 Å². The topological polar surface area (TPSA) is 35.5 Å². The largest absolute Gasteiger partial charge is 0.493 e. The van der Waals surface area contributed by atoms with Gasteiger partial charge in [0.1, 0.15) is 0 Å². The molecule has 0 amide bonds. The fourth-order valence-electron chi connectivity index (χ4n) is 3.11. The summed E-state index contributed by atoms with van der Waals surface area (Å²) in [6.45, 7) is 2.51. The molecule has 0 saturated heterocycles. The lowest BCUT2D eigenvalue weighted by Gasteiger charge is -2.10. The molecule has 0 unspecified atom stereocenters. The van der Waals surface area contributed by atoms with Crippen LogP contribution in [0.4, 0.5) is 0 Å². The van der Waals surface area contributed by atoms with Gasteiger partial charge in [-0.05, 0) is 55.5 Å². The molecule has 3 heteroatoms. The van der Waals surface area contributed by atoms with Crippen LogP contribution in [0.5, 0.6) is 11.5 Å². The van der Waals surface area contributed by atoms with Gasteiger partial charge in [0.25, 0.3) is 0 Å². The zero-order chi connectivity index (χ0) is 16.9. The first-order valence-corrected chi connectivity index (χ1v) is 8.37. The smallest absolute Gasteiger partial charge is 0.189 e. The second-order valence-corrected chi connectivity index (χ2v) is 5.85. The van der Waals surface area contributed by atoms with Gasteiger partial charge >= 0.3 is 0 Å². The van der Waals surface area contributed by atoms with Crippen molar-refractivity contribution in [2.45, 2.75) is 26.2 Å². The van der Waals surface area contributed by atoms with E-state index in [0.29, 0.717) is 18.1 Å². The van der Waals surface area contributed by atoms with E-state index in [1.165, 1.54) is 0 Å². The van der Waals surface area contributed by atoms with E-state index in [0.717, 1.165) is 41.5 Å². The third-order valence-electron chi connectivity index (χ3n) is 4.27. The number of hydrogen-bond donors (Lipinski definition) is 0. The van der Waals surface area contributed by atoms with Crippen LogP contribution in [0.3, 0.4) is 0 Å². The maximum Gasteiger partial charge on any atom is 0.189 e. The lowest BCUT2D eigenvalue weighted by atomic mass is 9.98. The quantitative estimate of drug-likeness (QED) is 0.605. The van der Waals surface area contributed by atoms with E-state index >= 15 is 0 Å². The fourth-order valence-corrected chi connectivity index (χ4v) is 3.11. The summed E-state index contributed by atoms with van der Waals surface area (Å²) in [5.41, 5.74) is 3.80. The zero-order valence-electron chi connectivity index (χ0n) is 14.2. The van der Waals surface area contributed by atoms with Gasteiger partial charge in [-0.3, -0.25) is 4.79 Å². The van der Waals surface area contributed by atoms with E-state index in [2.05, 4.69) is 6.07 Å². The molecule has 0 saturated carbocycles. The summed E-state index contributed by atoms with van der Waals surface area (Å²) in [5, 5.41) is 0. The number of ether oxygens (including phenoxy) is 2. The molecule has 0 N–H and O–H groups in total. The van der Waals surface area contributed by atoms with Crippen LogP contribution in [0, 0.1) is 0 Å². The lowest BCUT2D eigenvalue weighted by molar-refractivity contribution is 0.103. The van der Waals surface area contributed by atoms with Gasteiger partial charge in [0.05, 0.1) is 13.7 Å². The fraction of sp³-hybridized carbons (Fsp3) is 0.286. The van der Waals surface area contributed by atoms with Crippen molar-refractivity contribution in [1.29, 1.82) is 0 Å². The Morgan fingerprint density at radius 3 is 2.71 bits per heavy atom. The minimum absolute atomic E-state index is 0.136. The van der Waals surface area contributed by atoms with Gasteiger partial charge in [0.15, 0.2) is 17.3 Å². The molecule has 2 aromatic rings. The van der Waals surface area contributed by atoms with Crippen molar-refractivity contribution in [2.24, 2.45) is 0 Å². The molecule has 0 atom stereocenters. The Morgan fingerprint density at radius 2 is 1.92 bits per heavy atom. The highest BCUT2D eigenvalue weighted by Gasteiger charge is 2.19. The number of allylic oxidation sites excluding steroid dienone is 1. The number of ketones is 1. The first kappa shape index (κ1) is 16.3. The average Bonchev–Trinajstić information content (AvgIpc) is 2.76. The Balaban J connectivity index is 1.96. The van der Waals surface area contributed by atoms with Crippen molar-refractivity contribution >= 4 is 11.9 Å². The monoisotopic (exact) mass is 322 g/mol. The third-order valence-corrected chi connectivity index (χ3v) is 4.27. The molecule has 124 valence electrons. The first-order chi connectivity index (χ1) is 11.7. The van der Waals surface area contributed by atoms with Crippen molar-refractivity contribution in [1.82, 2.24) is 0 Å². The van der Waals surface area contributed by atoms with Crippen LogP contribution < -0.4 is 9.47 Å². The number of carbonyl (C=O) groups is 1. The van der Waals surface area contributed by atoms with Crippen molar-refractivity contribution in [3.8, 4) is 11.5 Å². The highest BCUT2D eigenvalue weighted by atomic mass is 16.5. The molecule has 1 aliphatic carbocycles. The van der Waals surface area contributed by atoms with Gasteiger partial charge in [-0.25, -0.2) is 0 Å². The normalized spacial score (nSPS) is 15.8. The van der Waals surface area contributed by atoms with Crippen LogP contribution in [0.25, 0.3) is 6.08 Å². The van der Waals surface area contributed by atoms with E-state index in [1.54, 1.807) is 7.11 Å². The summed E-state index contributed by atoms with van der Waals surface area (Å²) in [5.74, 6) is 1.55. The number of methoxy groups -OCH3 is 1. The number of rotatable bonds is 4. The minimum Gasteiger partial charge on any atom is -0.493 e. The minimum atomic E-state index is 0.136. The Hall–Kier alpha value is -2.55. The number of benzene rings is 2. The molecule has 2 aromatic carbocycles. The lowest BCUT2D eigenvalue weighted by Crippen LogP contribution is -2.03. The summed E-state index contributed by atoms with van der Waals surface area (Å²) < 4.78 is 10.9. The molecule has 0 heterocycles. The van der Waals surface area contributed by atoms with Crippen LogP contribution in [0.2, 0.25) is 0 Å². The van der Waals surface area contributed by atoms with E-state index in [9.17, 15) is 4.79 Å². The summed E-state index contributed by atoms with van der Waals surface area (Å²) in [6.07, 6.45) is 4.71. The van der Waals surface area contributed by atoms with Crippen LogP contribution in [-0.2, 0) is 6.42 Å². The molecule has 0 aliphatic heterocycles. The van der Waals surface area contributed by atoms with E-state index in [1.807, 2.05) is 49.4 Å². The second-order valence-electron chi connectivity index (χ2n) is 5.85. The SMILES string of the molecule is CCOc1cc(/C=C2/CCCc3ccccc3C2=O)ccc1OC. The summed E-state index contributed by atoms with van der Waals surface area (Å²) in [4.78, 5) is 12.9. The molecular formula is C21H22O3. The Kier molecular flexibility index (Phi) is 4.99. The number of fused-ring (bicyclic) bond motifs is 1. The molecule has 1 aliphatic rings. The molecule has 0 aromatic heterocycles. The molecule has 3 rings (SSSR count). The molecule has 24 heavy (non-hydrogen) atoms. The van der Waals surface area contributed by atoms with Crippen LogP contribution in [0.1, 0.15) is 41.3 Å². The maximum atomic E-state index is 12.9. The Labute approximate surface area is 142 Å². The summed E-state index contributed by atoms with van der Waals surface area (Å²) in [7, 11) is 1.63.